The van der Waals surface area contributed by atoms with E-state index in [1.165, 1.54) is 16.2 Å². The van der Waals surface area contributed by atoms with E-state index in [0.29, 0.717) is 23.2 Å². The van der Waals surface area contributed by atoms with E-state index in [-0.39, 0.29) is 18.0 Å². The molecule has 1 unspecified atom stereocenters. The monoisotopic (exact) mass is 289 g/mol. The maximum Gasteiger partial charge on any atom is 0.329 e. The highest BCUT2D eigenvalue weighted by Gasteiger charge is 2.31. The van der Waals surface area contributed by atoms with Crippen LogP contribution in [0.2, 0.25) is 0 Å². The number of benzene rings is 1. The number of carbonyl (C=O) groups excluding carboxylic acids is 2. The van der Waals surface area contributed by atoms with Gasteiger partial charge in [0.15, 0.2) is 0 Å². The van der Waals surface area contributed by atoms with E-state index in [1.54, 1.807) is 25.2 Å². The highest BCUT2D eigenvalue weighted by Crippen LogP contribution is 2.28. The Hall–Kier alpha value is -2.57. The Morgan fingerprint density at radius 3 is 2.71 bits per heavy atom. The zero-order valence-corrected chi connectivity index (χ0v) is 11.8. The number of piperidine rings is 1. The summed E-state index contributed by atoms with van der Waals surface area (Å²) >= 11 is 0. The van der Waals surface area contributed by atoms with Crippen molar-refractivity contribution in [2.45, 2.75) is 18.9 Å². The number of hydrogen-bond acceptors (Lipinski definition) is 4. The first-order valence-electron chi connectivity index (χ1n) is 6.62. The number of ether oxygens (including phenoxy) is 1. The van der Waals surface area contributed by atoms with E-state index in [4.69, 9.17) is 4.74 Å². The lowest BCUT2D eigenvalue weighted by atomic mass is 10.1. The summed E-state index contributed by atoms with van der Waals surface area (Å²) in [5, 5.41) is 2.28. The molecule has 0 bridgehead atoms. The van der Waals surface area contributed by atoms with Crippen molar-refractivity contribution >= 4 is 22.8 Å². The molecule has 1 aromatic carbocycles. The van der Waals surface area contributed by atoms with Gasteiger partial charge in [-0.15, -0.1) is 0 Å². The Morgan fingerprint density at radius 2 is 2.05 bits per heavy atom. The molecule has 1 aromatic heterocycles. The summed E-state index contributed by atoms with van der Waals surface area (Å²) in [4.78, 5) is 35.8. The number of nitrogens with zero attached hydrogens (tertiary/aromatic N) is 2. The van der Waals surface area contributed by atoms with Crippen molar-refractivity contribution in [2.75, 3.05) is 7.11 Å². The second-order valence-electron chi connectivity index (χ2n) is 5.01. The summed E-state index contributed by atoms with van der Waals surface area (Å²) in [6.45, 7) is 0. The zero-order valence-electron chi connectivity index (χ0n) is 11.8. The summed E-state index contributed by atoms with van der Waals surface area (Å²) in [7, 11) is 3.16. The number of aromatic nitrogens is 2. The Bertz CT molecular complexity index is 802. The van der Waals surface area contributed by atoms with Crippen LogP contribution in [0.1, 0.15) is 18.9 Å². The Morgan fingerprint density at radius 1 is 1.29 bits per heavy atom. The molecule has 21 heavy (non-hydrogen) atoms. The van der Waals surface area contributed by atoms with E-state index in [9.17, 15) is 14.4 Å². The number of para-hydroxylation sites is 1. The number of amides is 2. The smallest absolute Gasteiger partial charge is 0.329 e. The number of nitrogens with one attached hydrogen (secondary N) is 1. The Labute approximate surface area is 120 Å². The molecule has 1 fully saturated rings. The van der Waals surface area contributed by atoms with Gasteiger partial charge in [-0.05, 0) is 18.6 Å². The van der Waals surface area contributed by atoms with Crippen molar-refractivity contribution in [2.24, 2.45) is 7.05 Å². The second-order valence-corrected chi connectivity index (χ2v) is 5.01. The first kappa shape index (κ1) is 13.4. The molecule has 7 heteroatoms. The molecule has 3 rings (SSSR count). The third kappa shape index (κ3) is 1.93. The SMILES string of the molecule is COc1cccc2c1n(C)c(=O)n2C1CCC(=O)NC1=O. The van der Waals surface area contributed by atoms with Crippen molar-refractivity contribution in [1.29, 1.82) is 0 Å². The van der Waals surface area contributed by atoms with Crippen LogP contribution in [0, 0.1) is 0 Å². The highest BCUT2D eigenvalue weighted by molar-refractivity contribution is 6.00. The molecular formula is C14H15N3O4. The summed E-state index contributed by atoms with van der Waals surface area (Å²) in [6.07, 6.45) is 0.546. The number of imide groups is 1. The van der Waals surface area contributed by atoms with Gasteiger partial charge in [0, 0.05) is 13.5 Å². The molecule has 0 saturated carbocycles. The molecule has 1 aliphatic heterocycles. The normalized spacial score (nSPS) is 18.9. The molecule has 110 valence electrons. The standard InChI is InChI=1S/C14H15N3O4/c1-16-12-8(4-3-5-10(12)21-2)17(14(16)20)9-6-7-11(18)15-13(9)19/h3-5,9H,6-7H2,1-2H3,(H,15,18,19). The van der Waals surface area contributed by atoms with Crippen LogP contribution in [0.15, 0.2) is 23.0 Å². The molecule has 1 atom stereocenters. The number of imidazole rings is 1. The predicted octanol–water partition coefficient (Wildman–Crippen LogP) is 0.326. The number of aryl methyl sites for hydroxylation is 1. The van der Waals surface area contributed by atoms with E-state index < -0.39 is 11.9 Å². The fourth-order valence-electron chi connectivity index (χ4n) is 2.80. The molecule has 7 nitrogen and oxygen atoms in total. The Balaban J connectivity index is 2.24. The van der Waals surface area contributed by atoms with Gasteiger partial charge in [0.2, 0.25) is 11.8 Å². The van der Waals surface area contributed by atoms with Gasteiger partial charge >= 0.3 is 5.69 Å². The average Bonchev–Trinajstić information content (AvgIpc) is 2.72. The second kappa shape index (κ2) is 4.76. The summed E-state index contributed by atoms with van der Waals surface area (Å²) in [5.74, 6) is -0.177. The lowest BCUT2D eigenvalue weighted by Gasteiger charge is -2.21. The van der Waals surface area contributed by atoms with Crippen LogP contribution >= 0.6 is 0 Å². The average molecular weight is 289 g/mol. The fourth-order valence-corrected chi connectivity index (χ4v) is 2.80. The van der Waals surface area contributed by atoms with Gasteiger partial charge in [0.1, 0.15) is 17.3 Å². The van der Waals surface area contributed by atoms with E-state index in [2.05, 4.69) is 5.32 Å². The molecule has 2 amide bonds. The lowest BCUT2D eigenvalue weighted by Crippen LogP contribution is -2.44. The summed E-state index contributed by atoms with van der Waals surface area (Å²) < 4.78 is 8.17. The molecule has 1 aliphatic rings. The van der Waals surface area contributed by atoms with Gasteiger partial charge in [0.25, 0.3) is 0 Å². The van der Waals surface area contributed by atoms with Gasteiger partial charge in [-0.3, -0.25) is 24.0 Å². The first-order chi connectivity index (χ1) is 10.0. The molecule has 2 heterocycles. The molecule has 2 aromatic rings. The van der Waals surface area contributed by atoms with E-state index in [0.717, 1.165) is 0 Å². The van der Waals surface area contributed by atoms with Crippen LogP contribution in [0.3, 0.4) is 0 Å². The molecule has 1 saturated heterocycles. The summed E-state index contributed by atoms with van der Waals surface area (Å²) in [6, 6.07) is 4.62. The van der Waals surface area contributed by atoms with Crippen LogP contribution in [0.25, 0.3) is 11.0 Å². The lowest BCUT2D eigenvalue weighted by molar-refractivity contribution is -0.135. The summed E-state index contributed by atoms with van der Waals surface area (Å²) in [5.41, 5.74) is 0.954. The van der Waals surface area contributed by atoms with Crippen LogP contribution in [-0.4, -0.2) is 28.1 Å². The molecule has 1 N–H and O–H groups in total. The van der Waals surface area contributed by atoms with Gasteiger partial charge in [0.05, 0.1) is 12.6 Å². The Kier molecular flexibility index (Phi) is 3.04. The molecule has 0 radical (unpaired) electrons. The van der Waals surface area contributed by atoms with Crippen molar-refractivity contribution in [1.82, 2.24) is 14.5 Å². The molecular weight excluding hydrogens is 274 g/mol. The van der Waals surface area contributed by atoms with Crippen molar-refractivity contribution < 1.29 is 14.3 Å². The number of rotatable bonds is 2. The first-order valence-corrected chi connectivity index (χ1v) is 6.62. The van der Waals surface area contributed by atoms with Crippen LogP contribution in [-0.2, 0) is 16.6 Å². The van der Waals surface area contributed by atoms with Crippen molar-refractivity contribution in [3.63, 3.8) is 0 Å². The van der Waals surface area contributed by atoms with Crippen molar-refractivity contribution in [3.8, 4) is 5.75 Å². The van der Waals surface area contributed by atoms with Gasteiger partial charge in [-0.2, -0.15) is 0 Å². The van der Waals surface area contributed by atoms with Crippen LogP contribution in [0.5, 0.6) is 5.75 Å². The quantitative estimate of drug-likeness (QED) is 0.808. The van der Waals surface area contributed by atoms with Crippen molar-refractivity contribution in [3.05, 3.63) is 28.7 Å². The predicted molar refractivity (Wildman–Crippen MR) is 75.2 cm³/mol. The topological polar surface area (TPSA) is 82.3 Å². The third-order valence-electron chi connectivity index (χ3n) is 3.81. The number of methoxy groups -OCH3 is 1. The third-order valence-corrected chi connectivity index (χ3v) is 3.81. The number of carbonyl (C=O) groups is 2. The maximum absolute atomic E-state index is 12.5. The van der Waals surface area contributed by atoms with Crippen LogP contribution < -0.4 is 15.7 Å². The van der Waals surface area contributed by atoms with Gasteiger partial charge < -0.3 is 4.74 Å². The largest absolute Gasteiger partial charge is 0.494 e. The van der Waals surface area contributed by atoms with E-state index in [1.807, 2.05) is 0 Å². The van der Waals surface area contributed by atoms with E-state index >= 15 is 0 Å². The minimum absolute atomic E-state index is 0.225. The highest BCUT2D eigenvalue weighted by atomic mass is 16.5. The molecule has 0 aliphatic carbocycles. The van der Waals surface area contributed by atoms with Crippen LogP contribution in [0.4, 0.5) is 0 Å². The van der Waals surface area contributed by atoms with Gasteiger partial charge in [-0.1, -0.05) is 6.07 Å². The number of hydrogen-bond donors (Lipinski definition) is 1. The fraction of sp³-hybridized carbons (Fsp3) is 0.357. The molecule has 0 spiro atoms. The zero-order chi connectivity index (χ0) is 15.1. The minimum Gasteiger partial charge on any atom is -0.494 e. The minimum atomic E-state index is -0.675. The maximum atomic E-state index is 12.5. The van der Waals surface area contributed by atoms with Gasteiger partial charge in [-0.25, -0.2) is 4.79 Å². The number of fused-ring (bicyclic) bond motifs is 1.